The Morgan fingerprint density at radius 1 is 1.20 bits per heavy atom. The van der Waals surface area contributed by atoms with Gasteiger partial charge in [-0.25, -0.2) is 0 Å². The molecule has 0 amide bonds. The van der Waals surface area contributed by atoms with Crippen LogP contribution in [0.25, 0.3) is 0 Å². The molecule has 1 heterocycles. The summed E-state index contributed by atoms with van der Waals surface area (Å²) in [6.07, 6.45) is 1.01. The molecule has 2 unspecified atom stereocenters. The van der Waals surface area contributed by atoms with Crippen molar-refractivity contribution in [2.75, 3.05) is 32.7 Å². The second-order valence-electron chi connectivity index (χ2n) is 5.54. The van der Waals surface area contributed by atoms with Crippen LogP contribution in [0.4, 0.5) is 0 Å². The van der Waals surface area contributed by atoms with Crippen molar-refractivity contribution < 1.29 is 0 Å². The third-order valence-electron chi connectivity index (χ3n) is 4.31. The molecule has 2 atom stereocenters. The number of benzene rings is 1. The van der Waals surface area contributed by atoms with Gasteiger partial charge in [-0.15, -0.1) is 0 Å². The first-order valence-corrected chi connectivity index (χ1v) is 8.42. The molecule has 0 spiro atoms. The molecule has 1 fully saturated rings. The fraction of sp³-hybridized carbons (Fsp3) is 0.625. The summed E-state index contributed by atoms with van der Waals surface area (Å²) >= 11 is 3.58. The molecule has 20 heavy (non-hydrogen) atoms. The molecule has 4 heteroatoms. The highest BCUT2D eigenvalue weighted by Crippen LogP contribution is 2.28. The van der Waals surface area contributed by atoms with E-state index in [2.05, 4.69) is 63.8 Å². The lowest BCUT2D eigenvalue weighted by Gasteiger charge is -2.41. The number of nitrogens with two attached hydrogens (primary N) is 1. The summed E-state index contributed by atoms with van der Waals surface area (Å²) < 4.78 is 1.13. The van der Waals surface area contributed by atoms with Crippen LogP contribution in [-0.4, -0.2) is 48.6 Å². The second-order valence-corrected chi connectivity index (χ2v) is 6.46. The van der Waals surface area contributed by atoms with Crippen LogP contribution in [0.5, 0.6) is 0 Å². The maximum Gasteiger partial charge on any atom is 0.0500 e. The maximum absolute atomic E-state index is 6.43. The molecule has 1 aromatic carbocycles. The van der Waals surface area contributed by atoms with E-state index in [1.807, 2.05) is 0 Å². The van der Waals surface area contributed by atoms with Crippen LogP contribution in [0.3, 0.4) is 0 Å². The minimum Gasteiger partial charge on any atom is -0.326 e. The van der Waals surface area contributed by atoms with Crippen LogP contribution >= 0.6 is 15.9 Å². The fourth-order valence-electron chi connectivity index (χ4n) is 3.00. The third kappa shape index (κ3) is 3.82. The molecule has 0 aliphatic carbocycles. The lowest BCUT2D eigenvalue weighted by molar-refractivity contribution is 0.0865. The average Bonchev–Trinajstić information content (AvgIpc) is 2.48. The van der Waals surface area contributed by atoms with Crippen LogP contribution in [0.1, 0.15) is 31.9 Å². The Morgan fingerprint density at radius 2 is 1.90 bits per heavy atom. The van der Waals surface area contributed by atoms with Crippen molar-refractivity contribution in [3.8, 4) is 0 Å². The van der Waals surface area contributed by atoms with Gasteiger partial charge >= 0.3 is 0 Å². The Morgan fingerprint density at radius 3 is 2.45 bits per heavy atom. The van der Waals surface area contributed by atoms with Gasteiger partial charge in [-0.1, -0.05) is 41.9 Å². The minimum absolute atomic E-state index is 0.192. The zero-order valence-electron chi connectivity index (χ0n) is 12.6. The average molecular weight is 340 g/mol. The first-order chi connectivity index (χ1) is 9.65. The van der Waals surface area contributed by atoms with E-state index in [-0.39, 0.29) is 6.04 Å². The highest BCUT2D eigenvalue weighted by molar-refractivity contribution is 9.10. The number of rotatable bonds is 5. The number of halogens is 1. The van der Waals surface area contributed by atoms with E-state index in [1.165, 1.54) is 5.56 Å². The van der Waals surface area contributed by atoms with Gasteiger partial charge in [0.05, 0.1) is 6.04 Å². The minimum atomic E-state index is 0.192. The van der Waals surface area contributed by atoms with Crippen LogP contribution < -0.4 is 5.73 Å². The number of likely N-dealkylation sites (N-methyl/N-ethyl adjacent to an activating group) is 1. The third-order valence-corrected chi connectivity index (χ3v) is 4.81. The van der Waals surface area contributed by atoms with Crippen molar-refractivity contribution in [3.05, 3.63) is 34.3 Å². The van der Waals surface area contributed by atoms with Crippen LogP contribution in [0.15, 0.2) is 28.7 Å². The van der Waals surface area contributed by atoms with Crippen molar-refractivity contribution in [1.29, 1.82) is 0 Å². The van der Waals surface area contributed by atoms with E-state index >= 15 is 0 Å². The van der Waals surface area contributed by atoms with Crippen LogP contribution in [-0.2, 0) is 0 Å². The van der Waals surface area contributed by atoms with Crippen LogP contribution in [0.2, 0.25) is 0 Å². The van der Waals surface area contributed by atoms with Crippen molar-refractivity contribution in [3.63, 3.8) is 0 Å². The van der Waals surface area contributed by atoms with E-state index in [1.54, 1.807) is 0 Å². The SMILES string of the molecule is CCC(N)C(c1cccc(Br)c1)N1CCN(CC)CC1. The molecular weight excluding hydrogens is 314 g/mol. The van der Waals surface area contributed by atoms with Gasteiger partial charge in [0.2, 0.25) is 0 Å². The molecular formula is C16H26BrN3. The van der Waals surface area contributed by atoms with Gasteiger partial charge in [0.25, 0.3) is 0 Å². The zero-order chi connectivity index (χ0) is 14.5. The predicted octanol–water partition coefficient (Wildman–Crippen LogP) is 2.87. The number of hydrogen-bond donors (Lipinski definition) is 1. The molecule has 1 aliphatic heterocycles. The number of hydrogen-bond acceptors (Lipinski definition) is 3. The lowest BCUT2D eigenvalue weighted by atomic mass is 9.95. The van der Waals surface area contributed by atoms with E-state index < -0.39 is 0 Å². The van der Waals surface area contributed by atoms with Crippen molar-refractivity contribution in [2.45, 2.75) is 32.4 Å². The number of piperazine rings is 1. The fourth-order valence-corrected chi connectivity index (χ4v) is 3.42. The molecule has 0 bridgehead atoms. The van der Waals surface area contributed by atoms with Gasteiger partial charge in [-0.2, -0.15) is 0 Å². The first-order valence-electron chi connectivity index (χ1n) is 7.63. The Labute approximate surface area is 131 Å². The molecule has 1 aliphatic rings. The summed E-state index contributed by atoms with van der Waals surface area (Å²) in [5, 5.41) is 0. The Hall–Kier alpha value is -0.420. The summed E-state index contributed by atoms with van der Waals surface area (Å²) in [4.78, 5) is 5.06. The molecule has 0 aromatic heterocycles. The van der Waals surface area contributed by atoms with Crippen molar-refractivity contribution >= 4 is 15.9 Å². The quantitative estimate of drug-likeness (QED) is 0.895. The highest BCUT2D eigenvalue weighted by atomic mass is 79.9. The Balaban J connectivity index is 2.16. The summed E-state index contributed by atoms with van der Waals surface area (Å²) in [5.41, 5.74) is 7.76. The van der Waals surface area contributed by atoms with E-state index in [4.69, 9.17) is 5.73 Å². The van der Waals surface area contributed by atoms with E-state index in [0.717, 1.165) is 43.6 Å². The van der Waals surface area contributed by atoms with Gasteiger partial charge in [-0.3, -0.25) is 4.90 Å². The number of nitrogens with zero attached hydrogens (tertiary/aromatic N) is 2. The molecule has 112 valence electrons. The van der Waals surface area contributed by atoms with E-state index in [0.29, 0.717) is 6.04 Å². The molecule has 0 saturated carbocycles. The van der Waals surface area contributed by atoms with Gasteiger partial charge in [0.1, 0.15) is 0 Å². The summed E-state index contributed by atoms with van der Waals surface area (Å²) in [5.74, 6) is 0. The van der Waals surface area contributed by atoms with Gasteiger partial charge in [0, 0.05) is 36.7 Å². The molecule has 2 N–H and O–H groups in total. The molecule has 2 rings (SSSR count). The lowest BCUT2D eigenvalue weighted by Crippen LogP contribution is -2.51. The van der Waals surface area contributed by atoms with Crippen molar-refractivity contribution in [2.24, 2.45) is 5.73 Å². The van der Waals surface area contributed by atoms with Gasteiger partial charge in [0.15, 0.2) is 0 Å². The Kier molecular flexibility index (Phi) is 6.02. The smallest absolute Gasteiger partial charge is 0.0500 e. The van der Waals surface area contributed by atoms with Crippen LogP contribution in [0, 0.1) is 0 Å². The monoisotopic (exact) mass is 339 g/mol. The summed E-state index contributed by atoms with van der Waals surface area (Å²) in [6.45, 7) is 10.1. The van der Waals surface area contributed by atoms with Gasteiger partial charge in [-0.05, 0) is 30.7 Å². The normalized spacial score (nSPS) is 20.8. The first kappa shape index (κ1) is 16.0. The van der Waals surface area contributed by atoms with Gasteiger partial charge < -0.3 is 10.6 Å². The van der Waals surface area contributed by atoms with Crippen molar-refractivity contribution in [1.82, 2.24) is 9.80 Å². The second kappa shape index (κ2) is 7.55. The molecule has 1 aromatic rings. The summed E-state index contributed by atoms with van der Waals surface area (Å²) in [7, 11) is 0. The predicted molar refractivity (Wildman–Crippen MR) is 88.8 cm³/mol. The standard InChI is InChI=1S/C16H26BrN3/c1-3-15(18)16(13-6-5-7-14(17)12-13)20-10-8-19(4-2)9-11-20/h5-7,12,15-16H,3-4,8-11,18H2,1-2H3. The van der Waals surface area contributed by atoms with E-state index in [9.17, 15) is 0 Å². The maximum atomic E-state index is 6.43. The zero-order valence-corrected chi connectivity index (χ0v) is 14.1. The molecule has 1 saturated heterocycles. The molecule has 3 nitrogen and oxygen atoms in total. The topological polar surface area (TPSA) is 32.5 Å². The molecule has 0 radical (unpaired) electrons. The Bertz CT molecular complexity index is 416. The largest absolute Gasteiger partial charge is 0.326 e. The highest BCUT2D eigenvalue weighted by Gasteiger charge is 2.28. The summed E-state index contributed by atoms with van der Waals surface area (Å²) in [6, 6.07) is 9.13.